The van der Waals surface area contributed by atoms with E-state index in [1.165, 1.54) is 0 Å². The number of carboxylic acids is 1. The van der Waals surface area contributed by atoms with Crippen molar-refractivity contribution in [2.24, 2.45) is 5.73 Å². The Kier molecular flexibility index (Phi) is 3.97. The van der Waals surface area contributed by atoms with Gasteiger partial charge in [-0.15, -0.1) is 0 Å². The average Bonchev–Trinajstić information content (AvgIpc) is 2.46. The molecule has 0 aliphatic carbocycles. The van der Waals surface area contributed by atoms with Gasteiger partial charge >= 0.3 is 5.97 Å². The Bertz CT molecular complexity index is 539. The van der Waals surface area contributed by atoms with E-state index in [1.807, 2.05) is 60.7 Å². The Morgan fingerprint density at radius 2 is 1.53 bits per heavy atom. The van der Waals surface area contributed by atoms with E-state index in [4.69, 9.17) is 5.73 Å². The lowest BCUT2D eigenvalue weighted by Crippen LogP contribution is -2.44. The molecule has 0 amide bonds. The molecule has 19 heavy (non-hydrogen) atoms. The first kappa shape index (κ1) is 13.3. The smallest absolute Gasteiger partial charge is 0.315 e. The second-order valence-electron chi connectivity index (χ2n) is 4.62. The van der Waals surface area contributed by atoms with Crippen molar-refractivity contribution in [2.75, 3.05) is 6.54 Å². The van der Waals surface area contributed by atoms with Gasteiger partial charge in [0.25, 0.3) is 0 Å². The molecule has 0 saturated heterocycles. The molecule has 98 valence electrons. The lowest BCUT2D eigenvalue weighted by atomic mass is 9.75. The molecule has 2 aromatic rings. The van der Waals surface area contributed by atoms with Gasteiger partial charge in [-0.25, -0.2) is 0 Å². The molecule has 0 fully saturated rings. The van der Waals surface area contributed by atoms with Gasteiger partial charge < -0.3 is 10.8 Å². The van der Waals surface area contributed by atoms with Crippen LogP contribution in [-0.4, -0.2) is 17.6 Å². The topological polar surface area (TPSA) is 63.3 Å². The van der Waals surface area contributed by atoms with Crippen molar-refractivity contribution in [1.29, 1.82) is 0 Å². The number of carbonyl (C=O) groups is 1. The predicted octanol–water partition coefficient (Wildman–Crippen LogP) is 2.21. The molecule has 0 aliphatic heterocycles. The van der Waals surface area contributed by atoms with Crippen molar-refractivity contribution < 1.29 is 9.90 Å². The monoisotopic (exact) mass is 255 g/mol. The highest BCUT2D eigenvalue weighted by Gasteiger charge is 2.39. The summed E-state index contributed by atoms with van der Waals surface area (Å²) in [6, 6.07) is 18.8. The summed E-state index contributed by atoms with van der Waals surface area (Å²) in [5.41, 5.74) is 6.46. The van der Waals surface area contributed by atoms with Gasteiger partial charge in [-0.2, -0.15) is 0 Å². The van der Waals surface area contributed by atoms with E-state index in [9.17, 15) is 9.90 Å². The standard InChI is InChI=1S/C16H17NO2/c17-12-16(15(18)19,14-9-5-2-6-10-14)11-13-7-3-1-4-8-13/h1-10H,11-12,17H2,(H,18,19). The number of hydrogen-bond donors (Lipinski definition) is 2. The van der Waals surface area contributed by atoms with Crippen LogP contribution in [0, 0.1) is 0 Å². The maximum atomic E-state index is 11.8. The summed E-state index contributed by atoms with van der Waals surface area (Å²) >= 11 is 0. The average molecular weight is 255 g/mol. The molecule has 3 nitrogen and oxygen atoms in total. The fourth-order valence-electron chi connectivity index (χ4n) is 2.28. The van der Waals surface area contributed by atoms with Gasteiger partial charge in [0, 0.05) is 6.54 Å². The minimum atomic E-state index is -1.07. The zero-order valence-corrected chi connectivity index (χ0v) is 10.6. The Morgan fingerprint density at radius 1 is 1.00 bits per heavy atom. The molecule has 0 heterocycles. The first-order valence-electron chi connectivity index (χ1n) is 6.22. The fourth-order valence-corrected chi connectivity index (χ4v) is 2.28. The molecule has 0 saturated carbocycles. The van der Waals surface area contributed by atoms with Crippen LogP contribution in [0.4, 0.5) is 0 Å². The molecule has 3 N–H and O–H groups in total. The Labute approximate surface area is 112 Å². The zero-order chi connectivity index (χ0) is 13.7. The van der Waals surface area contributed by atoms with E-state index < -0.39 is 11.4 Å². The molecule has 2 aromatic carbocycles. The van der Waals surface area contributed by atoms with E-state index in [1.54, 1.807) is 0 Å². The molecule has 1 atom stereocenters. The van der Waals surface area contributed by atoms with Gasteiger partial charge in [0.05, 0.1) is 0 Å². The number of rotatable bonds is 5. The van der Waals surface area contributed by atoms with Crippen LogP contribution in [0.5, 0.6) is 0 Å². The first-order chi connectivity index (χ1) is 9.19. The molecule has 2 rings (SSSR count). The highest BCUT2D eigenvalue weighted by Crippen LogP contribution is 2.28. The predicted molar refractivity (Wildman–Crippen MR) is 75.0 cm³/mol. The van der Waals surface area contributed by atoms with Crippen LogP contribution >= 0.6 is 0 Å². The summed E-state index contributed by atoms with van der Waals surface area (Å²) in [6.07, 6.45) is 0.393. The summed E-state index contributed by atoms with van der Waals surface area (Å²) in [5.74, 6) is -0.884. The third kappa shape index (κ3) is 2.66. The molecule has 0 spiro atoms. The van der Waals surface area contributed by atoms with Crippen LogP contribution in [-0.2, 0) is 16.6 Å². The Hall–Kier alpha value is -2.13. The quantitative estimate of drug-likeness (QED) is 0.861. The van der Waals surface area contributed by atoms with Crippen LogP contribution in [0.15, 0.2) is 60.7 Å². The number of benzene rings is 2. The fraction of sp³-hybridized carbons (Fsp3) is 0.188. The summed E-state index contributed by atoms with van der Waals surface area (Å²) in [6.45, 7) is 0.0707. The molecule has 0 radical (unpaired) electrons. The number of hydrogen-bond acceptors (Lipinski definition) is 2. The third-order valence-corrected chi connectivity index (χ3v) is 3.43. The lowest BCUT2D eigenvalue weighted by molar-refractivity contribution is -0.143. The zero-order valence-electron chi connectivity index (χ0n) is 10.6. The molecule has 1 unspecified atom stereocenters. The Morgan fingerprint density at radius 3 is 2.00 bits per heavy atom. The number of aliphatic carboxylic acids is 1. The van der Waals surface area contributed by atoms with E-state index in [0.717, 1.165) is 11.1 Å². The second kappa shape index (κ2) is 5.67. The van der Waals surface area contributed by atoms with Crippen LogP contribution in [0.1, 0.15) is 11.1 Å². The maximum absolute atomic E-state index is 11.8. The van der Waals surface area contributed by atoms with Gasteiger partial charge in [-0.1, -0.05) is 60.7 Å². The van der Waals surface area contributed by atoms with Gasteiger partial charge in [0.15, 0.2) is 0 Å². The van der Waals surface area contributed by atoms with Crippen molar-refractivity contribution in [2.45, 2.75) is 11.8 Å². The third-order valence-electron chi connectivity index (χ3n) is 3.43. The molecule has 0 aliphatic rings. The van der Waals surface area contributed by atoms with Crippen LogP contribution < -0.4 is 5.73 Å². The lowest BCUT2D eigenvalue weighted by Gasteiger charge is -2.28. The number of nitrogens with two attached hydrogens (primary N) is 1. The molecule has 3 heteroatoms. The largest absolute Gasteiger partial charge is 0.481 e. The van der Waals surface area contributed by atoms with Crippen molar-refractivity contribution in [1.82, 2.24) is 0 Å². The highest BCUT2D eigenvalue weighted by atomic mass is 16.4. The maximum Gasteiger partial charge on any atom is 0.315 e. The van der Waals surface area contributed by atoms with Gasteiger partial charge in [-0.05, 0) is 17.5 Å². The summed E-state index contributed by atoms with van der Waals surface area (Å²) in [4.78, 5) is 11.8. The minimum Gasteiger partial charge on any atom is -0.481 e. The van der Waals surface area contributed by atoms with Crippen LogP contribution in [0.2, 0.25) is 0 Å². The van der Waals surface area contributed by atoms with E-state index in [-0.39, 0.29) is 6.54 Å². The van der Waals surface area contributed by atoms with E-state index in [2.05, 4.69) is 0 Å². The van der Waals surface area contributed by atoms with Crippen LogP contribution in [0.3, 0.4) is 0 Å². The van der Waals surface area contributed by atoms with Crippen molar-refractivity contribution in [3.05, 3.63) is 71.8 Å². The first-order valence-corrected chi connectivity index (χ1v) is 6.22. The summed E-state index contributed by atoms with van der Waals surface area (Å²) < 4.78 is 0. The normalized spacial score (nSPS) is 13.7. The molecule has 0 aromatic heterocycles. The van der Waals surface area contributed by atoms with Crippen molar-refractivity contribution in [3.8, 4) is 0 Å². The van der Waals surface area contributed by atoms with Crippen molar-refractivity contribution >= 4 is 5.97 Å². The second-order valence-corrected chi connectivity index (χ2v) is 4.62. The van der Waals surface area contributed by atoms with Gasteiger partial charge in [-0.3, -0.25) is 4.79 Å². The summed E-state index contributed by atoms with van der Waals surface area (Å²) in [7, 11) is 0. The van der Waals surface area contributed by atoms with E-state index in [0.29, 0.717) is 6.42 Å². The minimum absolute atomic E-state index is 0.0707. The molecular weight excluding hydrogens is 238 g/mol. The van der Waals surface area contributed by atoms with Gasteiger partial charge in [0.2, 0.25) is 0 Å². The number of carboxylic acid groups (broad SMARTS) is 1. The van der Waals surface area contributed by atoms with Gasteiger partial charge in [0.1, 0.15) is 5.41 Å². The SMILES string of the molecule is NCC(Cc1ccccc1)(C(=O)O)c1ccccc1. The van der Waals surface area contributed by atoms with Crippen LogP contribution in [0.25, 0.3) is 0 Å². The molecule has 0 bridgehead atoms. The molecular formula is C16H17NO2. The highest BCUT2D eigenvalue weighted by molar-refractivity contribution is 5.82. The summed E-state index contributed by atoms with van der Waals surface area (Å²) in [5, 5.41) is 9.66. The van der Waals surface area contributed by atoms with Crippen molar-refractivity contribution in [3.63, 3.8) is 0 Å². The van der Waals surface area contributed by atoms with E-state index >= 15 is 0 Å². The Balaban J connectivity index is 2.44.